The van der Waals surface area contributed by atoms with Gasteiger partial charge in [0.2, 0.25) is 0 Å². The maximum absolute atomic E-state index is 3.69. The lowest BCUT2D eigenvalue weighted by atomic mass is 9.75. The normalized spacial score (nSPS) is 33.2. The van der Waals surface area contributed by atoms with Crippen LogP contribution in [-0.2, 0) is 0 Å². The first kappa shape index (κ1) is 15.0. The monoisotopic (exact) mass is 265 g/mol. The molecule has 1 aliphatic carbocycles. The van der Waals surface area contributed by atoms with E-state index in [1.54, 1.807) is 5.57 Å². The first-order valence-electron chi connectivity index (χ1n) is 7.98. The molecule has 0 saturated carbocycles. The predicted octanol–water partition coefficient (Wildman–Crippen LogP) is 1.72. The number of allylic oxidation sites excluding steroid dienone is 2. The van der Waals surface area contributed by atoms with E-state index >= 15 is 0 Å². The van der Waals surface area contributed by atoms with Crippen LogP contribution in [0.5, 0.6) is 0 Å². The summed E-state index contributed by atoms with van der Waals surface area (Å²) in [6.07, 6.45) is 3.76. The van der Waals surface area contributed by atoms with E-state index in [9.17, 15) is 0 Å². The Kier molecular flexibility index (Phi) is 5.86. The molecule has 0 aromatic heterocycles. The second kappa shape index (κ2) is 7.41. The lowest BCUT2D eigenvalue weighted by Crippen LogP contribution is -2.46. The van der Waals surface area contributed by atoms with Crippen LogP contribution in [0.4, 0.5) is 0 Å². The van der Waals surface area contributed by atoms with Gasteiger partial charge in [0, 0.05) is 39.3 Å². The van der Waals surface area contributed by atoms with Crippen molar-refractivity contribution in [3.8, 4) is 0 Å². The van der Waals surface area contributed by atoms with Gasteiger partial charge in [0.1, 0.15) is 0 Å². The number of hydrogen-bond donors (Lipinski definition) is 2. The molecule has 3 atom stereocenters. The molecule has 1 saturated heterocycles. The van der Waals surface area contributed by atoms with Crippen LogP contribution in [0.15, 0.2) is 11.6 Å². The van der Waals surface area contributed by atoms with Crippen LogP contribution in [0.3, 0.4) is 0 Å². The molecule has 19 heavy (non-hydrogen) atoms. The van der Waals surface area contributed by atoms with Crippen LogP contribution in [0.1, 0.15) is 27.2 Å². The molecule has 2 rings (SSSR count). The Morgan fingerprint density at radius 3 is 2.74 bits per heavy atom. The topological polar surface area (TPSA) is 27.3 Å². The molecule has 110 valence electrons. The summed E-state index contributed by atoms with van der Waals surface area (Å²) in [5.41, 5.74) is 1.58. The van der Waals surface area contributed by atoms with Crippen LogP contribution in [0, 0.1) is 17.8 Å². The highest BCUT2D eigenvalue weighted by molar-refractivity contribution is 5.08. The first-order chi connectivity index (χ1) is 9.16. The van der Waals surface area contributed by atoms with Crippen molar-refractivity contribution in [1.82, 2.24) is 15.5 Å². The Bertz CT molecular complexity index is 294. The zero-order chi connectivity index (χ0) is 13.7. The lowest BCUT2D eigenvalue weighted by molar-refractivity contribution is 0.227. The van der Waals surface area contributed by atoms with Crippen molar-refractivity contribution in [1.29, 1.82) is 0 Å². The van der Waals surface area contributed by atoms with E-state index < -0.39 is 0 Å². The number of hydrogen-bond acceptors (Lipinski definition) is 3. The van der Waals surface area contributed by atoms with E-state index in [0.717, 1.165) is 37.4 Å². The first-order valence-corrected chi connectivity index (χ1v) is 7.98. The fourth-order valence-electron chi connectivity index (χ4n) is 3.65. The second-order valence-corrected chi connectivity index (χ2v) is 6.51. The zero-order valence-electron chi connectivity index (χ0n) is 12.9. The largest absolute Gasteiger partial charge is 0.315 e. The van der Waals surface area contributed by atoms with Gasteiger partial charge in [-0.1, -0.05) is 25.5 Å². The van der Waals surface area contributed by atoms with Gasteiger partial charge < -0.3 is 10.6 Å². The summed E-state index contributed by atoms with van der Waals surface area (Å²) in [6, 6.07) is 0. The number of rotatable bonds is 5. The van der Waals surface area contributed by atoms with E-state index in [-0.39, 0.29) is 0 Å². The quantitative estimate of drug-likeness (QED) is 0.585. The highest BCUT2D eigenvalue weighted by Gasteiger charge is 2.26. The summed E-state index contributed by atoms with van der Waals surface area (Å²) in [5.74, 6) is 2.37. The summed E-state index contributed by atoms with van der Waals surface area (Å²) < 4.78 is 0. The van der Waals surface area contributed by atoms with Crippen molar-refractivity contribution in [3.63, 3.8) is 0 Å². The third-order valence-electron chi connectivity index (χ3n) is 4.79. The van der Waals surface area contributed by atoms with Crippen LogP contribution in [-0.4, -0.2) is 50.7 Å². The maximum atomic E-state index is 3.69. The van der Waals surface area contributed by atoms with Crippen molar-refractivity contribution in [3.05, 3.63) is 11.6 Å². The van der Waals surface area contributed by atoms with Gasteiger partial charge in [-0.2, -0.15) is 0 Å². The SMILES string of the molecule is CC1=C[C@H](C)[C@H](CNCCN2CCNCC2)[C@@H](C)C1. The van der Waals surface area contributed by atoms with Crippen molar-refractivity contribution in [2.45, 2.75) is 27.2 Å². The minimum Gasteiger partial charge on any atom is -0.315 e. The zero-order valence-corrected chi connectivity index (χ0v) is 12.9. The minimum atomic E-state index is 0.732. The summed E-state index contributed by atoms with van der Waals surface area (Å²) in [4.78, 5) is 2.56. The molecule has 2 N–H and O–H groups in total. The smallest absolute Gasteiger partial charge is 0.0108 e. The molecular formula is C16H31N3. The third-order valence-corrected chi connectivity index (χ3v) is 4.79. The average molecular weight is 265 g/mol. The van der Waals surface area contributed by atoms with Crippen molar-refractivity contribution < 1.29 is 0 Å². The van der Waals surface area contributed by atoms with Crippen LogP contribution in [0.2, 0.25) is 0 Å². The Morgan fingerprint density at radius 1 is 1.32 bits per heavy atom. The van der Waals surface area contributed by atoms with Crippen molar-refractivity contribution in [2.24, 2.45) is 17.8 Å². The highest BCUT2D eigenvalue weighted by Crippen LogP contribution is 2.32. The summed E-state index contributed by atoms with van der Waals surface area (Å²) in [7, 11) is 0. The standard InChI is InChI=1S/C16H31N3/c1-13-10-14(2)16(15(3)11-13)12-18-6-9-19-7-4-17-5-8-19/h10,14-18H,4-9,11-12H2,1-3H3/t14-,15-,16-/m0/s1. The van der Waals surface area contributed by atoms with E-state index in [1.807, 2.05) is 0 Å². The fraction of sp³-hybridized carbons (Fsp3) is 0.875. The predicted molar refractivity (Wildman–Crippen MR) is 82.4 cm³/mol. The summed E-state index contributed by atoms with van der Waals surface area (Å²) >= 11 is 0. The van der Waals surface area contributed by atoms with Gasteiger partial charge in [-0.05, 0) is 37.6 Å². The molecule has 2 aliphatic rings. The van der Waals surface area contributed by atoms with E-state index in [4.69, 9.17) is 0 Å². The van der Waals surface area contributed by atoms with Crippen LogP contribution < -0.4 is 10.6 Å². The number of nitrogens with zero attached hydrogens (tertiary/aromatic N) is 1. The second-order valence-electron chi connectivity index (χ2n) is 6.51. The molecule has 1 heterocycles. The molecule has 3 nitrogen and oxygen atoms in total. The Hall–Kier alpha value is -0.380. The molecule has 1 aliphatic heterocycles. The van der Waals surface area contributed by atoms with Gasteiger partial charge in [0.05, 0.1) is 0 Å². The van der Waals surface area contributed by atoms with E-state index in [1.165, 1.54) is 32.6 Å². The highest BCUT2D eigenvalue weighted by atomic mass is 15.2. The molecule has 0 radical (unpaired) electrons. The van der Waals surface area contributed by atoms with Crippen LogP contribution >= 0.6 is 0 Å². The van der Waals surface area contributed by atoms with Gasteiger partial charge in [0.15, 0.2) is 0 Å². The lowest BCUT2D eigenvalue weighted by Gasteiger charge is -2.33. The molecular weight excluding hydrogens is 234 g/mol. The van der Waals surface area contributed by atoms with Crippen molar-refractivity contribution in [2.75, 3.05) is 45.8 Å². The van der Waals surface area contributed by atoms with E-state index in [0.29, 0.717) is 0 Å². The Balaban J connectivity index is 1.64. The molecule has 0 aromatic rings. The summed E-state index contributed by atoms with van der Waals surface area (Å²) in [6.45, 7) is 15.3. The fourth-order valence-corrected chi connectivity index (χ4v) is 3.65. The Morgan fingerprint density at radius 2 is 2.05 bits per heavy atom. The molecule has 0 bridgehead atoms. The Labute approximate surface area is 118 Å². The maximum Gasteiger partial charge on any atom is 0.0108 e. The van der Waals surface area contributed by atoms with Crippen LogP contribution in [0.25, 0.3) is 0 Å². The van der Waals surface area contributed by atoms with Crippen molar-refractivity contribution >= 4 is 0 Å². The third kappa shape index (κ3) is 4.59. The molecule has 0 aromatic carbocycles. The minimum absolute atomic E-state index is 0.732. The molecule has 0 spiro atoms. The van der Waals surface area contributed by atoms with Gasteiger partial charge in [-0.3, -0.25) is 4.90 Å². The van der Waals surface area contributed by atoms with Gasteiger partial charge >= 0.3 is 0 Å². The molecule has 0 amide bonds. The summed E-state index contributed by atoms with van der Waals surface area (Å²) in [5, 5.41) is 7.09. The number of nitrogens with one attached hydrogen (secondary N) is 2. The molecule has 1 fully saturated rings. The average Bonchev–Trinajstić information content (AvgIpc) is 2.38. The molecule has 3 heteroatoms. The van der Waals surface area contributed by atoms with Gasteiger partial charge in [0.25, 0.3) is 0 Å². The van der Waals surface area contributed by atoms with Gasteiger partial charge in [-0.25, -0.2) is 0 Å². The van der Waals surface area contributed by atoms with Gasteiger partial charge in [-0.15, -0.1) is 0 Å². The number of piperazine rings is 1. The molecule has 0 unspecified atom stereocenters. The van der Waals surface area contributed by atoms with E-state index in [2.05, 4.69) is 42.4 Å².